The van der Waals surface area contributed by atoms with Crippen LogP contribution in [-0.2, 0) is 6.42 Å². The van der Waals surface area contributed by atoms with Crippen LogP contribution in [0.3, 0.4) is 0 Å². The molecule has 0 aliphatic carbocycles. The topological polar surface area (TPSA) is 121 Å². The second kappa shape index (κ2) is 8.61. The van der Waals surface area contributed by atoms with Crippen molar-refractivity contribution in [1.29, 1.82) is 5.26 Å². The molecule has 9 heteroatoms. The number of thiazole rings is 1. The fraction of sp³-hybridized carbons (Fsp3) is 0.0455. The average Bonchev–Trinajstić information content (AvgIpc) is 3.22. The lowest BCUT2D eigenvalue weighted by atomic mass is 10.1. The van der Waals surface area contributed by atoms with Gasteiger partial charge in [0, 0.05) is 35.2 Å². The van der Waals surface area contributed by atoms with Crippen LogP contribution in [0.25, 0.3) is 5.69 Å². The first-order chi connectivity index (χ1) is 15.0. The quantitative estimate of drug-likeness (QED) is 0.505. The number of nitrogens with one attached hydrogen (secondary N) is 2. The van der Waals surface area contributed by atoms with Crippen LogP contribution < -0.4 is 16.4 Å². The first kappa shape index (κ1) is 20.0. The third kappa shape index (κ3) is 4.66. The maximum atomic E-state index is 12.7. The minimum Gasteiger partial charge on any atom is -0.298 e. The van der Waals surface area contributed by atoms with Gasteiger partial charge in [0.2, 0.25) is 0 Å². The van der Waals surface area contributed by atoms with Gasteiger partial charge in [-0.05, 0) is 35.9 Å². The molecule has 0 fully saturated rings. The summed E-state index contributed by atoms with van der Waals surface area (Å²) in [6.45, 7) is 0. The van der Waals surface area contributed by atoms with Crippen molar-refractivity contribution in [3.63, 3.8) is 0 Å². The molecule has 8 nitrogen and oxygen atoms in total. The highest BCUT2D eigenvalue weighted by molar-refractivity contribution is 7.15. The first-order valence-electron chi connectivity index (χ1n) is 9.20. The van der Waals surface area contributed by atoms with Crippen molar-refractivity contribution >= 4 is 22.4 Å². The Morgan fingerprint density at radius 2 is 1.94 bits per heavy atom. The molecular weight excluding hydrogens is 414 g/mol. The lowest BCUT2D eigenvalue weighted by molar-refractivity contribution is 0.102. The zero-order chi connectivity index (χ0) is 21.8. The van der Waals surface area contributed by atoms with E-state index < -0.39 is 11.1 Å². The van der Waals surface area contributed by atoms with E-state index >= 15 is 0 Å². The number of hydrogen-bond donors (Lipinski definition) is 2. The highest BCUT2D eigenvalue weighted by Crippen LogP contribution is 2.22. The Morgan fingerprint density at radius 3 is 2.71 bits per heavy atom. The number of aromatic amines is 1. The maximum Gasteiger partial charge on any atom is 0.269 e. The van der Waals surface area contributed by atoms with E-state index in [0.29, 0.717) is 28.4 Å². The molecule has 2 heterocycles. The number of hydrogen-bond acceptors (Lipinski definition) is 6. The number of carbonyl (C=O) groups is 1. The fourth-order valence-corrected chi connectivity index (χ4v) is 3.76. The van der Waals surface area contributed by atoms with Crippen LogP contribution in [0.4, 0.5) is 5.13 Å². The lowest BCUT2D eigenvalue weighted by Gasteiger charge is -2.07. The molecule has 4 aromatic rings. The van der Waals surface area contributed by atoms with Crippen molar-refractivity contribution in [1.82, 2.24) is 14.8 Å². The van der Waals surface area contributed by atoms with E-state index in [-0.39, 0.29) is 5.91 Å². The summed E-state index contributed by atoms with van der Waals surface area (Å²) in [5.41, 5.74) is 1.49. The smallest absolute Gasteiger partial charge is 0.269 e. The number of amides is 1. The van der Waals surface area contributed by atoms with Crippen LogP contribution in [0.15, 0.2) is 76.4 Å². The minimum absolute atomic E-state index is 0.318. The van der Waals surface area contributed by atoms with Crippen molar-refractivity contribution in [3.8, 4) is 11.8 Å². The van der Waals surface area contributed by atoms with Gasteiger partial charge >= 0.3 is 0 Å². The minimum atomic E-state index is -0.424. The molecule has 0 aliphatic heterocycles. The van der Waals surface area contributed by atoms with Gasteiger partial charge in [-0.25, -0.2) is 9.67 Å². The van der Waals surface area contributed by atoms with Gasteiger partial charge in [0.15, 0.2) is 5.13 Å². The second-order valence-electron chi connectivity index (χ2n) is 6.60. The third-order valence-electron chi connectivity index (χ3n) is 4.42. The van der Waals surface area contributed by atoms with Crippen molar-refractivity contribution < 1.29 is 4.79 Å². The van der Waals surface area contributed by atoms with E-state index in [2.05, 4.69) is 21.5 Å². The van der Waals surface area contributed by atoms with E-state index in [1.165, 1.54) is 17.4 Å². The Labute approximate surface area is 180 Å². The average molecular weight is 429 g/mol. The molecule has 0 saturated heterocycles. The standard InChI is InChI=1S/C22H15N5O3S/c23-12-15-6-4-14(5-7-15)10-18-13-24-22(31-18)25-21(30)16-2-1-3-17(11-16)27-20(29)9-8-19(28)26-27/h1-9,11,13H,10H2,(H,26,28)(H,24,25,30). The van der Waals surface area contributed by atoms with Crippen LogP contribution >= 0.6 is 11.3 Å². The van der Waals surface area contributed by atoms with Crippen LogP contribution in [0.2, 0.25) is 0 Å². The summed E-state index contributed by atoms with van der Waals surface area (Å²) < 4.78 is 1.08. The molecule has 0 bridgehead atoms. The summed E-state index contributed by atoms with van der Waals surface area (Å²) in [5.74, 6) is -0.382. The first-order valence-corrected chi connectivity index (χ1v) is 10.0. The van der Waals surface area contributed by atoms with E-state index in [4.69, 9.17) is 5.26 Å². The zero-order valence-electron chi connectivity index (χ0n) is 16.0. The van der Waals surface area contributed by atoms with Gasteiger partial charge in [0.1, 0.15) is 0 Å². The van der Waals surface area contributed by atoms with Crippen molar-refractivity contribution in [3.05, 3.63) is 109 Å². The van der Waals surface area contributed by atoms with Gasteiger partial charge in [-0.2, -0.15) is 5.26 Å². The number of aromatic nitrogens is 3. The number of nitrogens with zero attached hydrogens (tertiary/aromatic N) is 3. The number of nitriles is 1. The lowest BCUT2D eigenvalue weighted by Crippen LogP contribution is -2.26. The summed E-state index contributed by atoms with van der Waals surface area (Å²) in [6.07, 6.45) is 2.34. The monoisotopic (exact) mass is 429 g/mol. The molecule has 0 aliphatic rings. The molecule has 152 valence electrons. The summed E-state index contributed by atoms with van der Waals surface area (Å²) in [6, 6.07) is 18.1. The highest BCUT2D eigenvalue weighted by Gasteiger charge is 2.11. The van der Waals surface area contributed by atoms with E-state index in [1.54, 1.807) is 36.5 Å². The van der Waals surface area contributed by atoms with Gasteiger partial charge in [-0.3, -0.25) is 24.8 Å². The molecule has 0 spiro atoms. The largest absolute Gasteiger partial charge is 0.298 e. The van der Waals surface area contributed by atoms with Gasteiger partial charge in [-0.1, -0.05) is 18.2 Å². The molecule has 1 amide bonds. The molecule has 0 radical (unpaired) electrons. The Morgan fingerprint density at radius 1 is 1.13 bits per heavy atom. The molecule has 0 atom stereocenters. The number of H-pyrrole nitrogens is 1. The Hall–Kier alpha value is -4.29. The Balaban J connectivity index is 1.49. The van der Waals surface area contributed by atoms with Crippen LogP contribution in [-0.4, -0.2) is 20.7 Å². The van der Waals surface area contributed by atoms with E-state index in [1.807, 2.05) is 12.1 Å². The van der Waals surface area contributed by atoms with Gasteiger partial charge in [0.25, 0.3) is 17.0 Å². The molecule has 2 N–H and O–H groups in total. The summed E-state index contributed by atoms with van der Waals surface area (Å²) in [4.78, 5) is 41.4. The highest BCUT2D eigenvalue weighted by atomic mass is 32.1. The molecule has 0 unspecified atom stereocenters. The molecule has 0 saturated carbocycles. The van der Waals surface area contributed by atoms with Crippen molar-refractivity contribution in [2.45, 2.75) is 6.42 Å². The van der Waals surface area contributed by atoms with Gasteiger partial charge in [0.05, 0.1) is 17.3 Å². The van der Waals surface area contributed by atoms with Crippen molar-refractivity contribution in [2.24, 2.45) is 0 Å². The summed E-state index contributed by atoms with van der Waals surface area (Å²) in [7, 11) is 0. The molecule has 31 heavy (non-hydrogen) atoms. The van der Waals surface area contributed by atoms with Crippen LogP contribution in [0.1, 0.15) is 26.4 Å². The van der Waals surface area contributed by atoms with E-state index in [9.17, 15) is 14.4 Å². The maximum absolute atomic E-state index is 12.7. The van der Waals surface area contributed by atoms with Gasteiger partial charge in [-0.15, -0.1) is 11.3 Å². The third-order valence-corrected chi connectivity index (χ3v) is 5.33. The molecule has 2 aromatic heterocycles. The number of anilines is 1. The second-order valence-corrected chi connectivity index (χ2v) is 7.72. The molecule has 2 aromatic carbocycles. The van der Waals surface area contributed by atoms with Gasteiger partial charge < -0.3 is 0 Å². The number of rotatable bonds is 5. The normalized spacial score (nSPS) is 10.4. The summed E-state index contributed by atoms with van der Waals surface area (Å²) in [5, 5.41) is 14.5. The molecular formula is C22H15N5O3S. The number of benzene rings is 2. The predicted octanol–water partition coefficient (Wildman–Crippen LogP) is 2.70. The zero-order valence-corrected chi connectivity index (χ0v) is 16.8. The fourth-order valence-electron chi connectivity index (χ4n) is 2.92. The Kier molecular flexibility index (Phi) is 5.55. The summed E-state index contributed by atoms with van der Waals surface area (Å²) >= 11 is 1.35. The van der Waals surface area contributed by atoms with Crippen LogP contribution in [0.5, 0.6) is 0 Å². The molecule has 4 rings (SSSR count). The Bertz CT molecular complexity index is 1410. The SMILES string of the molecule is N#Cc1ccc(Cc2cnc(NC(=O)c3cccc(-n4[nH]c(=O)ccc4=O)c3)s2)cc1. The van der Waals surface area contributed by atoms with Crippen molar-refractivity contribution in [2.75, 3.05) is 5.32 Å². The number of carbonyl (C=O) groups excluding carboxylic acids is 1. The predicted molar refractivity (Wildman–Crippen MR) is 117 cm³/mol. The van der Waals surface area contributed by atoms with Crippen LogP contribution in [0, 0.1) is 11.3 Å². The van der Waals surface area contributed by atoms with E-state index in [0.717, 1.165) is 27.3 Å².